The normalized spacial score (nSPS) is 19.7. The standard InChI is InChI=1S/C50H35N4S/c1-3-13-31(14-4-1)47-48(52-42-20-10-9-19-41(42)51-47)32-23-25-34(26-24-32)53-43-21-11-7-17-35(43)39-29-40-37-27-28-38-36-18-8-12-22-46(36)55-50(38)49(37)54(45(40)30-44(39)53)33-15-5-2-6-16-33/h1-30,41-42,47-48,52H/q-1. The first-order valence-electron chi connectivity index (χ1n) is 19.1. The third-order valence-corrected chi connectivity index (χ3v) is 13.1. The Morgan fingerprint density at radius 2 is 1.16 bits per heavy atom. The van der Waals surface area contributed by atoms with Gasteiger partial charge in [0, 0.05) is 60.5 Å². The molecule has 4 heterocycles. The second kappa shape index (κ2) is 12.1. The summed E-state index contributed by atoms with van der Waals surface area (Å²) >= 11 is 1.90. The fourth-order valence-electron chi connectivity index (χ4n) is 9.36. The number of thiophene rings is 1. The van der Waals surface area contributed by atoms with Crippen LogP contribution in [0.4, 0.5) is 0 Å². The minimum atomic E-state index is 0.0123. The molecule has 4 nitrogen and oxygen atoms in total. The van der Waals surface area contributed by atoms with Gasteiger partial charge in [-0.2, -0.15) is 0 Å². The van der Waals surface area contributed by atoms with Crippen LogP contribution in [0.25, 0.3) is 80.5 Å². The molecule has 55 heavy (non-hydrogen) atoms. The summed E-state index contributed by atoms with van der Waals surface area (Å²) in [6.45, 7) is 0. The lowest BCUT2D eigenvalue weighted by Crippen LogP contribution is -2.47. The van der Waals surface area contributed by atoms with Gasteiger partial charge in [0.15, 0.2) is 0 Å². The van der Waals surface area contributed by atoms with Crippen LogP contribution in [0.3, 0.4) is 0 Å². The summed E-state index contributed by atoms with van der Waals surface area (Å²) in [6, 6.07) is 58.4. The molecular weight excluding hydrogens is 689 g/mol. The van der Waals surface area contributed by atoms with Gasteiger partial charge < -0.3 is 19.8 Å². The quantitative estimate of drug-likeness (QED) is 0.193. The molecule has 0 amide bonds. The van der Waals surface area contributed by atoms with E-state index in [1.54, 1.807) is 0 Å². The Labute approximate surface area is 322 Å². The zero-order valence-corrected chi connectivity index (χ0v) is 30.7. The van der Waals surface area contributed by atoms with Crippen molar-refractivity contribution in [2.75, 3.05) is 0 Å². The molecule has 0 spiro atoms. The molecule has 7 aromatic carbocycles. The van der Waals surface area contributed by atoms with E-state index < -0.39 is 0 Å². The van der Waals surface area contributed by atoms with Gasteiger partial charge in [-0.1, -0.05) is 145 Å². The van der Waals surface area contributed by atoms with Crippen LogP contribution < -0.4 is 5.32 Å². The number of nitrogens with zero attached hydrogens (tertiary/aromatic N) is 3. The van der Waals surface area contributed by atoms with Gasteiger partial charge in [0.1, 0.15) is 0 Å². The van der Waals surface area contributed by atoms with Crippen molar-refractivity contribution in [2.45, 2.75) is 24.2 Å². The fraction of sp³-hybridized carbons (Fsp3) is 0.0800. The van der Waals surface area contributed by atoms with Crippen molar-refractivity contribution in [3.63, 3.8) is 0 Å². The minimum absolute atomic E-state index is 0.0123. The van der Waals surface area contributed by atoms with Crippen LogP contribution in [0.5, 0.6) is 0 Å². The molecule has 0 bridgehead atoms. The maximum Gasteiger partial charge on any atom is 0.0719 e. The molecule has 4 unspecified atom stereocenters. The molecule has 3 aromatic heterocycles. The van der Waals surface area contributed by atoms with Crippen molar-refractivity contribution in [2.24, 2.45) is 0 Å². The summed E-state index contributed by atoms with van der Waals surface area (Å²) < 4.78 is 7.60. The zero-order chi connectivity index (χ0) is 36.0. The van der Waals surface area contributed by atoms with Crippen LogP contribution in [0, 0.1) is 0 Å². The van der Waals surface area contributed by atoms with Crippen molar-refractivity contribution < 1.29 is 0 Å². The van der Waals surface area contributed by atoms with E-state index in [9.17, 15) is 0 Å². The summed E-state index contributed by atoms with van der Waals surface area (Å²) in [6.07, 6.45) is 8.71. The van der Waals surface area contributed by atoms with Crippen LogP contribution in [0.1, 0.15) is 23.2 Å². The summed E-state index contributed by atoms with van der Waals surface area (Å²) in [4.78, 5) is 0. The zero-order valence-electron chi connectivity index (χ0n) is 29.9. The number of hydrogen-bond donors (Lipinski definition) is 1. The highest BCUT2D eigenvalue weighted by Gasteiger charge is 2.29. The van der Waals surface area contributed by atoms with Crippen molar-refractivity contribution >= 4 is 75.1 Å². The smallest absolute Gasteiger partial charge is 0.0719 e. The third-order valence-electron chi connectivity index (χ3n) is 11.9. The maximum atomic E-state index is 5.39. The SMILES string of the molecule is C1=CC2[N-]C(c3ccccc3)C(c3ccc(-n4c5ccccc5c5cc6c7ccc8c9ccccc9sc8c7n(-c7ccccc7)c6cc54)cc3)NC2C=C1. The molecule has 0 radical (unpaired) electrons. The van der Waals surface area contributed by atoms with E-state index in [2.05, 4.69) is 196 Å². The molecule has 0 saturated carbocycles. The molecule has 1 saturated heterocycles. The number of nitrogens with one attached hydrogen (secondary N) is 1. The molecule has 12 rings (SSSR count). The predicted molar refractivity (Wildman–Crippen MR) is 232 cm³/mol. The topological polar surface area (TPSA) is 36.0 Å². The van der Waals surface area contributed by atoms with Crippen LogP contribution in [0.15, 0.2) is 182 Å². The lowest BCUT2D eigenvalue weighted by atomic mass is 9.86. The molecule has 5 heteroatoms. The van der Waals surface area contributed by atoms with Crippen LogP contribution in [-0.4, -0.2) is 21.2 Å². The average Bonchev–Trinajstić information content (AvgIpc) is 3.90. The number of para-hydroxylation sites is 2. The Bertz CT molecular complexity index is 3170. The average molecular weight is 724 g/mol. The number of rotatable bonds is 4. The molecule has 262 valence electrons. The Balaban J connectivity index is 1.07. The van der Waals surface area contributed by atoms with E-state index in [0.717, 1.165) is 5.69 Å². The summed E-state index contributed by atoms with van der Waals surface area (Å²) in [5, 5.41) is 17.1. The lowest BCUT2D eigenvalue weighted by Gasteiger charge is -2.53. The predicted octanol–water partition coefficient (Wildman–Crippen LogP) is 12.9. The first-order chi connectivity index (χ1) is 27.3. The summed E-state index contributed by atoms with van der Waals surface area (Å²) in [7, 11) is 0. The van der Waals surface area contributed by atoms with Crippen LogP contribution >= 0.6 is 11.3 Å². The number of benzene rings is 7. The molecule has 2 aliphatic rings. The molecule has 1 aliphatic heterocycles. The van der Waals surface area contributed by atoms with Gasteiger partial charge in [0.25, 0.3) is 0 Å². The largest absolute Gasteiger partial charge is 0.647 e. The van der Waals surface area contributed by atoms with Gasteiger partial charge in [-0.3, -0.25) is 0 Å². The fourth-order valence-corrected chi connectivity index (χ4v) is 10.6. The second-order valence-electron chi connectivity index (χ2n) is 14.9. The van der Waals surface area contributed by atoms with E-state index in [-0.39, 0.29) is 24.2 Å². The minimum Gasteiger partial charge on any atom is -0.647 e. The first kappa shape index (κ1) is 31.1. The van der Waals surface area contributed by atoms with E-state index >= 15 is 0 Å². The maximum absolute atomic E-state index is 5.39. The van der Waals surface area contributed by atoms with Gasteiger partial charge in [0.05, 0.1) is 26.8 Å². The van der Waals surface area contributed by atoms with Gasteiger partial charge in [-0.25, -0.2) is 0 Å². The van der Waals surface area contributed by atoms with Gasteiger partial charge >= 0.3 is 0 Å². The van der Waals surface area contributed by atoms with Gasteiger partial charge in [0.2, 0.25) is 0 Å². The lowest BCUT2D eigenvalue weighted by molar-refractivity contribution is 0.374. The van der Waals surface area contributed by atoms with Crippen molar-refractivity contribution in [3.8, 4) is 11.4 Å². The monoisotopic (exact) mass is 723 g/mol. The molecule has 4 atom stereocenters. The molecule has 1 N–H and O–H groups in total. The van der Waals surface area contributed by atoms with E-state index in [0.29, 0.717) is 0 Å². The Hall–Kier alpha value is -6.24. The Kier molecular flexibility index (Phi) is 6.87. The highest BCUT2D eigenvalue weighted by atomic mass is 32.1. The Morgan fingerprint density at radius 3 is 2.02 bits per heavy atom. The first-order valence-corrected chi connectivity index (χ1v) is 19.9. The van der Waals surface area contributed by atoms with Crippen molar-refractivity contribution in [3.05, 3.63) is 198 Å². The number of fused-ring (bicyclic) bond motifs is 11. The second-order valence-corrected chi connectivity index (χ2v) is 15.9. The number of aromatic nitrogens is 2. The molecule has 1 fully saturated rings. The van der Waals surface area contributed by atoms with Gasteiger partial charge in [-0.15, -0.1) is 17.4 Å². The molecule has 10 aromatic rings. The van der Waals surface area contributed by atoms with E-state index in [1.807, 2.05) is 11.3 Å². The highest BCUT2D eigenvalue weighted by Crippen LogP contribution is 2.46. The van der Waals surface area contributed by atoms with Crippen LogP contribution in [0.2, 0.25) is 0 Å². The van der Waals surface area contributed by atoms with Crippen molar-refractivity contribution in [1.82, 2.24) is 14.5 Å². The molecule has 1 aliphatic carbocycles. The number of hydrogen-bond acceptors (Lipinski definition) is 2. The summed E-state index contributed by atoms with van der Waals surface area (Å²) in [5.41, 5.74) is 9.67. The summed E-state index contributed by atoms with van der Waals surface area (Å²) in [5.74, 6) is 0. The van der Waals surface area contributed by atoms with Crippen LogP contribution in [-0.2, 0) is 0 Å². The highest BCUT2D eigenvalue weighted by molar-refractivity contribution is 7.26. The number of piperazine rings is 1. The number of allylic oxidation sites excluding steroid dienone is 2. The van der Waals surface area contributed by atoms with E-state index in [1.165, 1.54) is 80.6 Å². The van der Waals surface area contributed by atoms with Gasteiger partial charge in [-0.05, 0) is 54.1 Å². The third kappa shape index (κ3) is 4.71. The Morgan fingerprint density at radius 1 is 0.491 bits per heavy atom. The van der Waals surface area contributed by atoms with Crippen molar-refractivity contribution in [1.29, 1.82) is 0 Å². The molecular formula is C50H35N4S-. The van der Waals surface area contributed by atoms with E-state index in [4.69, 9.17) is 5.32 Å².